The van der Waals surface area contributed by atoms with Crippen molar-refractivity contribution in [3.8, 4) is 6.07 Å². The SMILES string of the molecule is N#Cc1c(N2CCOCC2)sc(C=O)c1Cn1cnc2ccccc2c1=O. The van der Waals surface area contributed by atoms with Gasteiger partial charge in [-0.25, -0.2) is 4.98 Å². The second-order valence-electron chi connectivity index (χ2n) is 6.15. The lowest BCUT2D eigenvalue weighted by Gasteiger charge is -2.27. The first kappa shape index (κ1) is 17.4. The number of fused-ring (bicyclic) bond motifs is 1. The van der Waals surface area contributed by atoms with Gasteiger partial charge >= 0.3 is 0 Å². The van der Waals surface area contributed by atoms with E-state index in [4.69, 9.17) is 4.74 Å². The van der Waals surface area contributed by atoms with Crippen molar-refractivity contribution >= 4 is 33.5 Å². The van der Waals surface area contributed by atoms with Crippen LogP contribution in [0.5, 0.6) is 0 Å². The molecule has 4 rings (SSSR count). The van der Waals surface area contributed by atoms with Gasteiger partial charge < -0.3 is 9.64 Å². The number of rotatable bonds is 4. The van der Waals surface area contributed by atoms with Crippen molar-refractivity contribution < 1.29 is 9.53 Å². The van der Waals surface area contributed by atoms with E-state index in [1.165, 1.54) is 22.2 Å². The molecule has 0 saturated carbocycles. The number of para-hydroxylation sites is 1. The highest BCUT2D eigenvalue weighted by atomic mass is 32.1. The van der Waals surface area contributed by atoms with Crippen LogP contribution in [0.2, 0.25) is 0 Å². The van der Waals surface area contributed by atoms with Gasteiger partial charge in [-0.2, -0.15) is 5.26 Å². The van der Waals surface area contributed by atoms with Crippen LogP contribution in [0.25, 0.3) is 10.9 Å². The molecule has 0 atom stereocenters. The van der Waals surface area contributed by atoms with Crippen molar-refractivity contribution in [1.29, 1.82) is 5.26 Å². The maximum atomic E-state index is 12.8. The highest BCUT2D eigenvalue weighted by molar-refractivity contribution is 7.18. The molecule has 0 amide bonds. The Kier molecular flexibility index (Phi) is 4.71. The molecular formula is C19H16N4O3S. The Morgan fingerprint density at radius 1 is 1.30 bits per heavy atom. The standard InChI is InChI=1S/C19H16N4O3S/c20-9-14-15(17(11-24)27-19(14)22-5-7-26-8-6-22)10-23-12-21-16-4-2-1-3-13(16)18(23)25/h1-4,11-12H,5-8,10H2. The molecule has 0 bridgehead atoms. The fourth-order valence-corrected chi connectivity index (χ4v) is 4.34. The summed E-state index contributed by atoms with van der Waals surface area (Å²) >= 11 is 1.29. The minimum absolute atomic E-state index is 0.133. The molecule has 0 aliphatic carbocycles. The molecule has 1 aromatic carbocycles. The van der Waals surface area contributed by atoms with Gasteiger partial charge in [-0.05, 0) is 12.1 Å². The lowest BCUT2D eigenvalue weighted by atomic mass is 10.1. The highest BCUT2D eigenvalue weighted by Crippen LogP contribution is 2.35. The number of hydrogen-bond donors (Lipinski definition) is 0. The van der Waals surface area contributed by atoms with E-state index in [1.54, 1.807) is 18.2 Å². The third kappa shape index (κ3) is 3.12. The molecular weight excluding hydrogens is 364 g/mol. The Balaban J connectivity index is 1.79. The summed E-state index contributed by atoms with van der Waals surface area (Å²) in [6.07, 6.45) is 2.22. The molecule has 27 heavy (non-hydrogen) atoms. The van der Waals surface area contributed by atoms with Crippen LogP contribution >= 0.6 is 11.3 Å². The van der Waals surface area contributed by atoms with Gasteiger partial charge in [0, 0.05) is 18.7 Å². The van der Waals surface area contributed by atoms with Crippen molar-refractivity contribution in [3.63, 3.8) is 0 Å². The number of morpholine rings is 1. The van der Waals surface area contributed by atoms with Crippen LogP contribution in [0.3, 0.4) is 0 Å². The van der Waals surface area contributed by atoms with Gasteiger partial charge in [0.2, 0.25) is 0 Å². The van der Waals surface area contributed by atoms with Gasteiger partial charge in [-0.15, -0.1) is 11.3 Å². The number of carbonyl (C=O) groups excluding carboxylic acids is 1. The zero-order valence-electron chi connectivity index (χ0n) is 14.4. The van der Waals surface area contributed by atoms with Crippen LogP contribution in [-0.4, -0.2) is 42.1 Å². The summed E-state index contributed by atoms with van der Waals surface area (Å²) in [5.74, 6) is 0. The fourth-order valence-electron chi connectivity index (χ4n) is 3.21. The number of hydrogen-bond acceptors (Lipinski definition) is 7. The molecule has 3 heterocycles. The van der Waals surface area contributed by atoms with Crippen molar-refractivity contribution in [2.24, 2.45) is 0 Å². The van der Waals surface area contributed by atoms with E-state index in [0.717, 1.165) is 11.3 Å². The molecule has 1 aliphatic rings. The first-order valence-electron chi connectivity index (χ1n) is 8.50. The summed E-state index contributed by atoms with van der Waals surface area (Å²) in [4.78, 5) is 31.2. The number of aldehydes is 1. The van der Waals surface area contributed by atoms with E-state index in [9.17, 15) is 14.9 Å². The Labute approximate surface area is 159 Å². The van der Waals surface area contributed by atoms with Gasteiger partial charge in [0.25, 0.3) is 5.56 Å². The van der Waals surface area contributed by atoms with Gasteiger partial charge in [-0.1, -0.05) is 12.1 Å². The van der Waals surface area contributed by atoms with E-state index in [2.05, 4.69) is 16.0 Å². The predicted octanol–water partition coefficient (Wildman–Crippen LogP) is 2.03. The third-order valence-electron chi connectivity index (χ3n) is 4.60. The maximum absolute atomic E-state index is 12.8. The summed E-state index contributed by atoms with van der Waals surface area (Å²) in [6.45, 7) is 2.65. The molecule has 0 radical (unpaired) electrons. The quantitative estimate of drug-likeness (QED) is 0.644. The predicted molar refractivity (Wildman–Crippen MR) is 103 cm³/mol. The fraction of sp³-hybridized carbons (Fsp3) is 0.263. The largest absolute Gasteiger partial charge is 0.378 e. The molecule has 0 N–H and O–H groups in total. The Bertz CT molecular complexity index is 1110. The smallest absolute Gasteiger partial charge is 0.261 e. The topological polar surface area (TPSA) is 88.2 Å². The number of anilines is 1. The van der Waals surface area contributed by atoms with E-state index in [-0.39, 0.29) is 12.1 Å². The summed E-state index contributed by atoms with van der Waals surface area (Å²) in [5.41, 5.74) is 1.44. The third-order valence-corrected chi connectivity index (χ3v) is 5.82. The number of thiophene rings is 1. The average Bonchev–Trinajstić information content (AvgIpc) is 3.08. The van der Waals surface area contributed by atoms with Gasteiger partial charge in [0.15, 0.2) is 6.29 Å². The molecule has 1 saturated heterocycles. The minimum Gasteiger partial charge on any atom is -0.378 e. The Hall–Kier alpha value is -3.02. The molecule has 136 valence electrons. The van der Waals surface area contributed by atoms with E-state index >= 15 is 0 Å². The number of benzene rings is 1. The molecule has 3 aromatic rings. The zero-order chi connectivity index (χ0) is 18.8. The summed E-state index contributed by atoms with van der Waals surface area (Å²) in [5, 5.41) is 11.0. The molecule has 0 spiro atoms. The molecule has 8 heteroatoms. The number of carbonyl (C=O) groups is 1. The van der Waals surface area contributed by atoms with Crippen molar-refractivity contribution in [2.45, 2.75) is 6.54 Å². The second kappa shape index (κ2) is 7.31. The molecule has 1 fully saturated rings. The van der Waals surface area contributed by atoms with Crippen molar-refractivity contribution in [2.75, 3.05) is 31.2 Å². The van der Waals surface area contributed by atoms with Crippen molar-refractivity contribution in [1.82, 2.24) is 9.55 Å². The van der Waals surface area contributed by atoms with Crippen molar-refractivity contribution in [3.05, 3.63) is 57.0 Å². The van der Waals surface area contributed by atoms with Crippen LogP contribution in [0.4, 0.5) is 5.00 Å². The van der Waals surface area contributed by atoms with Crippen LogP contribution in [0.15, 0.2) is 35.4 Å². The van der Waals surface area contributed by atoms with E-state index in [0.29, 0.717) is 53.2 Å². The van der Waals surface area contributed by atoms with E-state index in [1.807, 2.05) is 6.07 Å². The maximum Gasteiger partial charge on any atom is 0.261 e. The average molecular weight is 380 g/mol. The highest BCUT2D eigenvalue weighted by Gasteiger charge is 2.24. The molecule has 1 aliphatic heterocycles. The van der Waals surface area contributed by atoms with Gasteiger partial charge in [0.05, 0.1) is 47.4 Å². The van der Waals surface area contributed by atoms with Crippen LogP contribution in [-0.2, 0) is 11.3 Å². The summed E-state index contributed by atoms with van der Waals surface area (Å²) in [6, 6.07) is 9.34. The van der Waals surface area contributed by atoms with Gasteiger partial charge in [-0.3, -0.25) is 14.2 Å². The lowest BCUT2D eigenvalue weighted by Crippen LogP contribution is -2.36. The minimum atomic E-state index is -0.194. The summed E-state index contributed by atoms with van der Waals surface area (Å²) in [7, 11) is 0. The molecule has 0 unspecified atom stereocenters. The molecule has 7 nitrogen and oxygen atoms in total. The Morgan fingerprint density at radius 2 is 2.07 bits per heavy atom. The summed E-state index contributed by atoms with van der Waals surface area (Å²) < 4.78 is 6.81. The number of aromatic nitrogens is 2. The molecule has 2 aromatic heterocycles. The Morgan fingerprint density at radius 3 is 2.81 bits per heavy atom. The first-order chi connectivity index (χ1) is 13.2. The van der Waals surface area contributed by atoms with E-state index < -0.39 is 0 Å². The number of nitriles is 1. The normalized spacial score (nSPS) is 14.3. The number of ether oxygens (including phenoxy) is 1. The van der Waals surface area contributed by atoms with Gasteiger partial charge in [0.1, 0.15) is 11.1 Å². The lowest BCUT2D eigenvalue weighted by molar-refractivity contribution is 0.112. The zero-order valence-corrected chi connectivity index (χ0v) is 15.2. The monoisotopic (exact) mass is 380 g/mol. The number of nitrogens with zero attached hydrogens (tertiary/aromatic N) is 4. The van der Waals surface area contributed by atoms with Crippen LogP contribution in [0, 0.1) is 11.3 Å². The van der Waals surface area contributed by atoms with Crippen LogP contribution < -0.4 is 10.5 Å². The first-order valence-corrected chi connectivity index (χ1v) is 9.32. The van der Waals surface area contributed by atoms with Crippen LogP contribution in [0.1, 0.15) is 20.8 Å². The second-order valence-corrected chi connectivity index (χ2v) is 7.18.